The first-order chi connectivity index (χ1) is 15.4. The molecular weight excluding hydrogens is 448 g/mol. The number of nitrogens with zero attached hydrogens (tertiary/aromatic N) is 2. The number of hydrogen-bond donors (Lipinski definition) is 2. The number of fused-ring (bicyclic) bond motifs is 1. The summed E-state index contributed by atoms with van der Waals surface area (Å²) in [6, 6.07) is 20.0. The van der Waals surface area contributed by atoms with Crippen LogP contribution in [0.5, 0.6) is 0 Å². The second-order valence-electron chi connectivity index (χ2n) is 6.75. The van der Waals surface area contributed by atoms with Crippen molar-refractivity contribution in [3.05, 3.63) is 95.7 Å². The fourth-order valence-electron chi connectivity index (χ4n) is 2.85. The van der Waals surface area contributed by atoms with Crippen molar-refractivity contribution in [2.45, 2.75) is 4.90 Å². The number of nitrogens with one attached hydrogen (secondary N) is 2. The Morgan fingerprint density at radius 3 is 2.31 bits per heavy atom. The van der Waals surface area contributed by atoms with E-state index in [0.29, 0.717) is 21.7 Å². The van der Waals surface area contributed by atoms with Gasteiger partial charge in [0.15, 0.2) is 5.82 Å². The van der Waals surface area contributed by atoms with Gasteiger partial charge in [0.2, 0.25) is 5.91 Å². The molecule has 0 radical (unpaired) electrons. The van der Waals surface area contributed by atoms with Crippen LogP contribution in [0.2, 0.25) is 5.02 Å². The van der Waals surface area contributed by atoms with Crippen LogP contribution >= 0.6 is 11.6 Å². The molecule has 0 aliphatic rings. The summed E-state index contributed by atoms with van der Waals surface area (Å²) >= 11 is 5.84. The molecule has 32 heavy (non-hydrogen) atoms. The van der Waals surface area contributed by atoms with Gasteiger partial charge in [-0.1, -0.05) is 35.9 Å². The van der Waals surface area contributed by atoms with Crippen molar-refractivity contribution in [3.8, 4) is 0 Å². The molecule has 0 bridgehead atoms. The number of anilines is 2. The number of benzene rings is 3. The van der Waals surface area contributed by atoms with Crippen molar-refractivity contribution in [1.82, 2.24) is 9.97 Å². The van der Waals surface area contributed by atoms with Gasteiger partial charge in [-0.25, -0.2) is 13.4 Å². The van der Waals surface area contributed by atoms with E-state index in [2.05, 4.69) is 20.0 Å². The zero-order valence-corrected chi connectivity index (χ0v) is 18.1. The third-order valence-electron chi connectivity index (χ3n) is 4.42. The minimum Gasteiger partial charge on any atom is -0.323 e. The molecule has 0 saturated heterocycles. The van der Waals surface area contributed by atoms with Crippen LogP contribution in [-0.4, -0.2) is 24.3 Å². The molecule has 4 rings (SSSR count). The van der Waals surface area contributed by atoms with E-state index in [-0.39, 0.29) is 16.6 Å². The molecule has 7 nitrogen and oxygen atoms in total. The number of carbonyl (C=O) groups excluding carboxylic acids is 1. The number of amides is 1. The smallest absolute Gasteiger partial charge is 0.263 e. The molecule has 2 N–H and O–H groups in total. The summed E-state index contributed by atoms with van der Waals surface area (Å²) in [6.45, 7) is 0. The summed E-state index contributed by atoms with van der Waals surface area (Å²) < 4.78 is 27.8. The Balaban J connectivity index is 1.42. The molecule has 0 saturated carbocycles. The fourth-order valence-corrected chi connectivity index (χ4v) is 3.96. The Morgan fingerprint density at radius 1 is 0.906 bits per heavy atom. The summed E-state index contributed by atoms with van der Waals surface area (Å²) in [4.78, 5) is 20.6. The SMILES string of the molecule is O=C(C=Cc1ccc(Cl)cc1)Nc1ccc(S(=O)(=O)Nc2cnc3ccccc3n2)cc1. The maximum atomic E-state index is 12.7. The normalized spacial score (nSPS) is 11.5. The maximum absolute atomic E-state index is 12.7. The van der Waals surface area contributed by atoms with Crippen molar-refractivity contribution in [1.29, 1.82) is 0 Å². The van der Waals surface area contributed by atoms with Crippen LogP contribution in [0.4, 0.5) is 11.5 Å². The topological polar surface area (TPSA) is 101 Å². The van der Waals surface area contributed by atoms with Crippen LogP contribution < -0.4 is 10.0 Å². The summed E-state index contributed by atoms with van der Waals surface area (Å²) in [7, 11) is -3.87. The number of aromatic nitrogens is 2. The molecule has 9 heteroatoms. The Hall–Kier alpha value is -3.75. The average molecular weight is 465 g/mol. The first-order valence-corrected chi connectivity index (χ1v) is 11.3. The second-order valence-corrected chi connectivity index (χ2v) is 8.87. The van der Waals surface area contributed by atoms with Gasteiger partial charge in [0.05, 0.1) is 22.1 Å². The van der Waals surface area contributed by atoms with Crippen molar-refractivity contribution < 1.29 is 13.2 Å². The van der Waals surface area contributed by atoms with Crippen molar-refractivity contribution in [2.75, 3.05) is 10.0 Å². The quantitative estimate of drug-likeness (QED) is 0.401. The zero-order valence-electron chi connectivity index (χ0n) is 16.6. The van der Waals surface area contributed by atoms with E-state index in [1.807, 2.05) is 6.07 Å². The predicted octanol–water partition coefficient (Wildman–Crippen LogP) is 4.74. The van der Waals surface area contributed by atoms with Crippen molar-refractivity contribution in [2.24, 2.45) is 0 Å². The number of halogens is 1. The molecule has 0 atom stereocenters. The third-order valence-corrected chi connectivity index (χ3v) is 6.04. The van der Waals surface area contributed by atoms with Gasteiger partial charge in [-0.3, -0.25) is 14.5 Å². The molecule has 0 aliphatic heterocycles. The van der Waals surface area contributed by atoms with Crippen molar-refractivity contribution >= 4 is 56.1 Å². The van der Waals surface area contributed by atoms with Crippen LogP contribution in [-0.2, 0) is 14.8 Å². The molecule has 0 aliphatic carbocycles. The van der Waals surface area contributed by atoms with E-state index in [0.717, 1.165) is 5.56 Å². The van der Waals surface area contributed by atoms with E-state index in [4.69, 9.17) is 11.6 Å². The summed E-state index contributed by atoms with van der Waals surface area (Å²) in [5.41, 5.74) is 2.53. The van der Waals surface area contributed by atoms with Gasteiger partial charge in [0, 0.05) is 16.8 Å². The van der Waals surface area contributed by atoms with E-state index in [9.17, 15) is 13.2 Å². The van der Waals surface area contributed by atoms with E-state index in [1.54, 1.807) is 48.5 Å². The molecule has 0 fully saturated rings. The Morgan fingerprint density at radius 2 is 1.59 bits per heavy atom. The zero-order chi connectivity index (χ0) is 22.6. The second kappa shape index (κ2) is 9.17. The Kier molecular flexibility index (Phi) is 6.16. The van der Waals surface area contributed by atoms with Gasteiger partial charge in [0.1, 0.15) is 0 Å². The van der Waals surface area contributed by atoms with Gasteiger partial charge >= 0.3 is 0 Å². The van der Waals surface area contributed by atoms with E-state index in [1.165, 1.54) is 36.5 Å². The van der Waals surface area contributed by atoms with Gasteiger partial charge in [-0.05, 0) is 60.2 Å². The molecule has 0 spiro atoms. The van der Waals surface area contributed by atoms with E-state index >= 15 is 0 Å². The lowest BCUT2D eigenvalue weighted by molar-refractivity contribution is -0.111. The number of hydrogen-bond acceptors (Lipinski definition) is 5. The van der Waals surface area contributed by atoms with Crippen molar-refractivity contribution in [3.63, 3.8) is 0 Å². The lowest BCUT2D eigenvalue weighted by atomic mass is 10.2. The minimum atomic E-state index is -3.87. The fraction of sp³-hybridized carbons (Fsp3) is 0. The number of para-hydroxylation sites is 2. The standard InChI is InChI=1S/C23H17ClN4O3S/c24-17-8-5-16(6-9-17)7-14-23(29)26-18-10-12-19(13-11-18)32(30,31)28-22-15-25-20-3-1-2-4-21(20)27-22/h1-15H,(H,26,29)(H,27,28). The molecule has 3 aromatic carbocycles. The molecule has 1 amide bonds. The van der Waals surface area contributed by atoms with Gasteiger partial charge < -0.3 is 5.32 Å². The van der Waals surface area contributed by atoms with Crippen LogP contribution in [0.15, 0.2) is 90.0 Å². The molecule has 160 valence electrons. The number of carbonyl (C=O) groups is 1. The van der Waals surface area contributed by atoms with Crippen LogP contribution in [0.25, 0.3) is 17.1 Å². The first kappa shape index (κ1) is 21.5. The lowest BCUT2D eigenvalue weighted by Gasteiger charge is -2.09. The number of rotatable bonds is 6. The lowest BCUT2D eigenvalue weighted by Crippen LogP contribution is -2.14. The molecule has 1 aromatic heterocycles. The average Bonchev–Trinajstić information content (AvgIpc) is 2.79. The van der Waals surface area contributed by atoms with Gasteiger partial charge in [-0.2, -0.15) is 0 Å². The highest BCUT2D eigenvalue weighted by atomic mass is 35.5. The summed E-state index contributed by atoms with van der Waals surface area (Å²) in [5.74, 6) is -0.228. The van der Waals surface area contributed by atoms with Crippen LogP contribution in [0, 0.1) is 0 Å². The Labute approximate surface area is 189 Å². The molecular formula is C23H17ClN4O3S. The highest BCUT2D eigenvalue weighted by molar-refractivity contribution is 7.92. The van der Waals surface area contributed by atoms with E-state index < -0.39 is 10.0 Å². The minimum absolute atomic E-state index is 0.0298. The summed E-state index contributed by atoms with van der Waals surface area (Å²) in [6.07, 6.45) is 4.40. The van der Waals surface area contributed by atoms with Crippen LogP contribution in [0.1, 0.15) is 5.56 Å². The number of sulfonamides is 1. The Bertz CT molecular complexity index is 1400. The molecule has 0 unspecified atom stereocenters. The first-order valence-electron chi connectivity index (χ1n) is 9.48. The third kappa shape index (κ3) is 5.29. The van der Waals surface area contributed by atoms with Crippen LogP contribution in [0.3, 0.4) is 0 Å². The molecule has 1 heterocycles. The van der Waals surface area contributed by atoms with Gasteiger partial charge in [-0.15, -0.1) is 0 Å². The predicted molar refractivity (Wildman–Crippen MR) is 126 cm³/mol. The maximum Gasteiger partial charge on any atom is 0.263 e. The summed E-state index contributed by atoms with van der Waals surface area (Å²) in [5, 5.41) is 3.30. The molecule has 4 aromatic rings. The highest BCUT2D eigenvalue weighted by Crippen LogP contribution is 2.19. The monoisotopic (exact) mass is 464 g/mol. The highest BCUT2D eigenvalue weighted by Gasteiger charge is 2.15. The largest absolute Gasteiger partial charge is 0.323 e. The van der Waals surface area contributed by atoms with Gasteiger partial charge in [0.25, 0.3) is 10.0 Å².